The average molecular weight is 339 g/mol. The third kappa shape index (κ3) is 4.81. The fourth-order valence-electron chi connectivity index (χ4n) is 1.72. The van der Waals surface area contributed by atoms with Crippen LogP contribution >= 0.6 is 35.0 Å². The van der Waals surface area contributed by atoms with Gasteiger partial charge in [-0.05, 0) is 35.4 Å². The lowest BCUT2D eigenvalue weighted by Gasteiger charge is -2.06. The van der Waals surface area contributed by atoms with Crippen molar-refractivity contribution in [2.45, 2.75) is 10.6 Å². The first-order chi connectivity index (χ1) is 10.1. The minimum Gasteiger partial charge on any atom is -0.478 e. The Balaban J connectivity index is 2.12. The quantitative estimate of drug-likeness (QED) is 0.587. The summed E-state index contributed by atoms with van der Waals surface area (Å²) in [6, 6.07) is 13.2. The van der Waals surface area contributed by atoms with Gasteiger partial charge in [0, 0.05) is 16.7 Å². The van der Waals surface area contributed by atoms with Gasteiger partial charge in [-0.15, -0.1) is 11.8 Å². The maximum Gasteiger partial charge on any atom is 0.328 e. The van der Waals surface area contributed by atoms with Crippen LogP contribution in [0.5, 0.6) is 0 Å². The van der Waals surface area contributed by atoms with Crippen LogP contribution in [-0.4, -0.2) is 11.1 Å². The van der Waals surface area contributed by atoms with E-state index in [1.165, 1.54) is 0 Å². The molecule has 2 aromatic rings. The normalized spacial score (nSPS) is 11.0. The first-order valence-corrected chi connectivity index (χ1v) is 7.87. The van der Waals surface area contributed by atoms with Crippen molar-refractivity contribution in [3.63, 3.8) is 0 Å². The highest BCUT2D eigenvalue weighted by molar-refractivity contribution is 7.98. The van der Waals surface area contributed by atoms with Crippen molar-refractivity contribution in [1.82, 2.24) is 0 Å². The van der Waals surface area contributed by atoms with E-state index < -0.39 is 5.97 Å². The predicted molar refractivity (Wildman–Crippen MR) is 89.1 cm³/mol. The SMILES string of the molecule is O=C(O)C=Cc1ccccc1CSc1ccc(Cl)c(Cl)c1. The molecule has 0 aliphatic rings. The van der Waals surface area contributed by atoms with Gasteiger partial charge in [-0.25, -0.2) is 4.79 Å². The summed E-state index contributed by atoms with van der Waals surface area (Å²) in [5.74, 6) is -0.236. The molecule has 0 bridgehead atoms. The predicted octanol–water partition coefficient (Wildman–Crippen LogP) is 5.38. The maximum absolute atomic E-state index is 10.6. The summed E-state index contributed by atoms with van der Waals surface area (Å²) in [6.07, 6.45) is 2.75. The van der Waals surface area contributed by atoms with E-state index in [1.54, 1.807) is 23.9 Å². The third-order valence-electron chi connectivity index (χ3n) is 2.75. The molecule has 2 rings (SSSR count). The summed E-state index contributed by atoms with van der Waals surface area (Å²) in [6.45, 7) is 0. The highest BCUT2D eigenvalue weighted by atomic mass is 35.5. The van der Waals surface area contributed by atoms with E-state index in [0.29, 0.717) is 10.0 Å². The molecule has 2 aromatic carbocycles. The number of benzene rings is 2. The monoisotopic (exact) mass is 338 g/mol. The van der Waals surface area contributed by atoms with E-state index >= 15 is 0 Å². The van der Waals surface area contributed by atoms with Gasteiger partial charge in [-0.2, -0.15) is 0 Å². The van der Waals surface area contributed by atoms with Gasteiger partial charge in [0.05, 0.1) is 10.0 Å². The van der Waals surface area contributed by atoms with Crippen LogP contribution in [0.4, 0.5) is 0 Å². The van der Waals surface area contributed by atoms with Gasteiger partial charge in [-0.1, -0.05) is 47.5 Å². The molecule has 0 fully saturated rings. The number of thioether (sulfide) groups is 1. The summed E-state index contributed by atoms with van der Waals surface area (Å²) in [7, 11) is 0. The molecular weight excluding hydrogens is 327 g/mol. The Labute approximate surface area is 137 Å². The Morgan fingerprint density at radius 3 is 2.62 bits per heavy atom. The molecule has 0 saturated carbocycles. The molecule has 0 atom stereocenters. The highest BCUT2D eigenvalue weighted by Gasteiger charge is 2.03. The van der Waals surface area contributed by atoms with Crippen molar-refractivity contribution in [2.75, 3.05) is 0 Å². The van der Waals surface area contributed by atoms with Gasteiger partial charge >= 0.3 is 5.97 Å². The van der Waals surface area contributed by atoms with E-state index in [1.807, 2.05) is 36.4 Å². The van der Waals surface area contributed by atoms with Crippen molar-refractivity contribution in [2.24, 2.45) is 0 Å². The van der Waals surface area contributed by atoms with Crippen LogP contribution < -0.4 is 0 Å². The van der Waals surface area contributed by atoms with Gasteiger partial charge in [-0.3, -0.25) is 0 Å². The van der Waals surface area contributed by atoms with E-state index in [2.05, 4.69) is 0 Å². The molecule has 0 aromatic heterocycles. The second kappa shape index (κ2) is 7.55. The lowest BCUT2D eigenvalue weighted by atomic mass is 10.1. The van der Waals surface area contributed by atoms with Crippen molar-refractivity contribution in [3.8, 4) is 0 Å². The number of carboxylic acids is 1. The van der Waals surface area contributed by atoms with Crippen LogP contribution in [0.15, 0.2) is 53.4 Å². The topological polar surface area (TPSA) is 37.3 Å². The molecule has 108 valence electrons. The Hall–Kier alpha value is -1.42. The molecule has 21 heavy (non-hydrogen) atoms. The number of aliphatic carboxylic acids is 1. The van der Waals surface area contributed by atoms with E-state index in [4.69, 9.17) is 28.3 Å². The molecule has 0 amide bonds. The van der Waals surface area contributed by atoms with E-state index in [9.17, 15) is 4.79 Å². The Bertz CT molecular complexity index is 684. The third-order valence-corrected chi connectivity index (χ3v) is 4.53. The van der Waals surface area contributed by atoms with Gasteiger partial charge in [0.15, 0.2) is 0 Å². The summed E-state index contributed by atoms with van der Waals surface area (Å²) < 4.78 is 0. The zero-order chi connectivity index (χ0) is 15.2. The maximum atomic E-state index is 10.6. The lowest BCUT2D eigenvalue weighted by molar-refractivity contribution is -0.131. The number of hydrogen-bond donors (Lipinski definition) is 1. The van der Waals surface area contributed by atoms with Crippen molar-refractivity contribution in [1.29, 1.82) is 0 Å². The smallest absolute Gasteiger partial charge is 0.328 e. The molecule has 0 aliphatic carbocycles. The van der Waals surface area contributed by atoms with Crippen molar-refractivity contribution in [3.05, 3.63) is 69.7 Å². The molecule has 0 saturated heterocycles. The summed E-state index contributed by atoms with van der Waals surface area (Å²) >= 11 is 13.5. The molecule has 0 aliphatic heterocycles. The minimum atomic E-state index is -0.957. The fraction of sp³-hybridized carbons (Fsp3) is 0.0625. The number of rotatable bonds is 5. The zero-order valence-corrected chi connectivity index (χ0v) is 13.3. The second-order valence-electron chi connectivity index (χ2n) is 4.23. The van der Waals surface area contributed by atoms with Crippen LogP contribution in [0.25, 0.3) is 6.08 Å². The van der Waals surface area contributed by atoms with E-state index in [-0.39, 0.29) is 0 Å². The Morgan fingerprint density at radius 2 is 1.90 bits per heavy atom. The fourth-order valence-corrected chi connectivity index (χ4v) is 3.03. The summed E-state index contributed by atoms with van der Waals surface area (Å²) in [4.78, 5) is 11.6. The number of hydrogen-bond acceptors (Lipinski definition) is 2. The number of carbonyl (C=O) groups is 1. The molecule has 0 heterocycles. The Kier molecular flexibility index (Phi) is 5.74. The van der Waals surface area contributed by atoms with Gasteiger partial charge < -0.3 is 5.11 Å². The highest BCUT2D eigenvalue weighted by Crippen LogP contribution is 2.30. The minimum absolute atomic E-state index is 0.528. The number of halogens is 2. The first kappa shape index (κ1) is 16.0. The first-order valence-electron chi connectivity index (χ1n) is 6.13. The van der Waals surface area contributed by atoms with Crippen LogP contribution in [0, 0.1) is 0 Å². The van der Waals surface area contributed by atoms with Gasteiger partial charge in [0.25, 0.3) is 0 Å². The molecule has 0 radical (unpaired) electrons. The summed E-state index contributed by atoms with van der Waals surface area (Å²) in [5.41, 5.74) is 1.96. The lowest BCUT2D eigenvalue weighted by Crippen LogP contribution is -1.89. The summed E-state index contributed by atoms with van der Waals surface area (Å²) in [5, 5.41) is 9.77. The van der Waals surface area contributed by atoms with Crippen LogP contribution in [0.1, 0.15) is 11.1 Å². The molecule has 5 heteroatoms. The molecule has 0 spiro atoms. The van der Waals surface area contributed by atoms with E-state index in [0.717, 1.165) is 27.9 Å². The van der Waals surface area contributed by atoms with Crippen LogP contribution in [0.3, 0.4) is 0 Å². The standard InChI is InChI=1S/C16H12Cl2O2S/c17-14-7-6-13(9-15(14)18)21-10-12-4-2-1-3-11(12)5-8-16(19)20/h1-9H,10H2,(H,19,20). The molecule has 0 unspecified atom stereocenters. The van der Waals surface area contributed by atoms with Crippen molar-refractivity contribution >= 4 is 47.0 Å². The van der Waals surface area contributed by atoms with Gasteiger partial charge in [0.1, 0.15) is 0 Å². The second-order valence-corrected chi connectivity index (χ2v) is 6.10. The van der Waals surface area contributed by atoms with Gasteiger partial charge in [0.2, 0.25) is 0 Å². The molecular formula is C16H12Cl2O2S. The van der Waals surface area contributed by atoms with Crippen molar-refractivity contribution < 1.29 is 9.90 Å². The zero-order valence-electron chi connectivity index (χ0n) is 10.9. The van der Waals surface area contributed by atoms with Crippen LogP contribution in [-0.2, 0) is 10.5 Å². The number of carboxylic acid groups (broad SMARTS) is 1. The Morgan fingerprint density at radius 1 is 1.14 bits per heavy atom. The molecule has 2 nitrogen and oxygen atoms in total. The average Bonchev–Trinajstić information content (AvgIpc) is 2.47. The molecule has 1 N–H and O–H groups in total. The largest absolute Gasteiger partial charge is 0.478 e. The van der Waals surface area contributed by atoms with Crippen LogP contribution in [0.2, 0.25) is 10.0 Å².